The molecule has 0 aliphatic heterocycles. The quantitative estimate of drug-likeness (QED) is 0.472. The fraction of sp³-hybridized carbons (Fsp3) is 0.333. The van der Waals surface area contributed by atoms with E-state index >= 15 is 0 Å². The molecule has 0 fully saturated rings. The summed E-state index contributed by atoms with van der Waals surface area (Å²) in [7, 11) is 0. The third-order valence-corrected chi connectivity index (χ3v) is 5.70. The van der Waals surface area contributed by atoms with E-state index in [0.717, 1.165) is 0 Å². The van der Waals surface area contributed by atoms with E-state index in [-0.39, 0.29) is 0 Å². The Balaban J connectivity index is 2.42. The summed E-state index contributed by atoms with van der Waals surface area (Å²) >= 11 is 0. The van der Waals surface area contributed by atoms with E-state index in [1.807, 2.05) is 6.08 Å². The van der Waals surface area contributed by atoms with Crippen molar-refractivity contribution in [3.8, 4) is 5.69 Å². The molecule has 130 valence electrons. The van der Waals surface area contributed by atoms with Gasteiger partial charge in [-0.3, -0.25) is 0 Å². The highest BCUT2D eigenvalue weighted by atomic mass is 15.0. The van der Waals surface area contributed by atoms with Gasteiger partial charge in [0.2, 0.25) is 0 Å². The van der Waals surface area contributed by atoms with Crippen LogP contribution in [0.25, 0.3) is 22.7 Å². The molecular weight excluding hydrogens is 302 g/mol. The second-order valence-corrected chi connectivity index (χ2v) is 7.32. The van der Waals surface area contributed by atoms with Crippen LogP contribution in [0.15, 0.2) is 49.0 Å². The lowest BCUT2D eigenvalue weighted by molar-refractivity contribution is 0.474. The van der Waals surface area contributed by atoms with Crippen LogP contribution in [0.4, 0.5) is 0 Å². The van der Waals surface area contributed by atoms with Gasteiger partial charge in [-0.15, -0.1) is 0 Å². The Bertz CT molecular complexity index is 913. The summed E-state index contributed by atoms with van der Waals surface area (Å²) in [4.78, 5) is 0. The molecule has 0 aliphatic carbocycles. The maximum Gasteiger partial charge on any atom is 0.0540 e. The summed E-state index contributed by atoms with van der Waals surface area (Å²) in [6, 6.07) is 15.4. The van der Waals surface area contributed by atoms with Crippen LogP contribution in [0, 0.1) is 19.8 Å². The molecule has 0 amide bonds. The fourth-order valence-corrected chi connectivity index (χ4v) is 3.83. The Morgan fingerprint density at radius 2 is 1.80 bits per heavy atom. The first-order valence-electron chi connectivity index (χ1n) is 9.33. The molecule has 1 heterocycles. The highest BCUT2D eigenvalue weighted by molar-refractivity contribution is 5.91. The van der Waals surface area contributed by atoms with Crippen molar-refractivity contribution in [2.75, 3.05) is 0 Å². The molecule has 3 rings (SSSR count). The topological polar surface area (TPSA) is 4.93 Å². The maximum atomic E-state index is 4.17. The van der Waals surface area contributed by atoms with Crippen molar-refractivity contribution in [1.29, 1.82) is 0 Å². The molecule has 2 aromatic carbocycles. The lowest BCUT2D eigenvalue weighted by Gasteiger charge is -2.20. The molecule has 2 atom stereocenters. The van der Waals surface area contributed by atoms with Gasteiger partial charge in [0, 0.05) is 16.8 Å². The van der Waals surface area contributed by atoms with E-state index in [4.69, 9.17) is 0 Å². The van der Waals surface area contributed by atoms with Gasteiger partial charge >= 0.3 is 0 Å². The van der Waals surface area contributed by atoms with Crippen LogP contribution in [0.2, 0.25) is 0 Å². The second kappa shape index (κ2) is 6.92. The molecule has 0 unspecified atom stereocenters. The van der Waals surface area contributed by atoms with Crippen LogP contribution in [-0.2, 0) is 0 Å². The largest absolute Gasteiger partial charge is 0.309 e. The van der Waals surface area contributed by atoms with Crippen molar-refractivity contribution in [1.82, 2.24) is 4.57 Å². The lowest BCUT2D eigenvalue weighted by Crippen LogP contribution is -2.07. The van der Waals surface area contributed by atoms with E-state index < -0.39 is 0 Å². The number of nitrogens with zero attached hydrogens (tertiary/aromatic N) is 1. The number of rotatable bonds is 5. The maximum absolute atomic E-state index is 4.17. The SMILES string of the molecule is C=Cc1c([C@@H](C)[C@@H](C)CC)c2ccc(C)cc2n1-c1ccccc1C. The number of hydrogen-bond acceptors (Lipinski definition) is 0. The highest BCUT2D eigenvalue weighted by Crippen LogP contribution is 2.39. The Labute approximate surface area is 152 Å². The zero-order valence-corrected chi connectivity index (χ0v) is 16.1. The van der Waals surface area contributed by atoms with E-state index in [2.05, 4.69) is 88.2 Å². The number of benzene rings is 2. The molecule has 0 N–H and O–H groups in total. The highest BCUT2D eigenvalue weighted by Gasteiger charge is 2.24. The number of aromatic nitrogens is 1. The predicted octanol–water partition coefficient (Wildman–Crippen LogP) is 7.04. The summed E-state index contributed by atoms with van der Waals surface area (Å²) in [6.45, 7) is 15.5. The molecule has 1 aromatic heterocycles. The second-order valence-electron chi connectivity index (χ2n) is 7.32. The number of aryl methyl sites for hydroxylation is 2. The third-order valence-electron chi connectivity index (χ3n) is 5.70. The average molecular weight is 332 g/mol. The lowest BCUT2D eigenvalue weighted by atomic mass is 9.85. The Morgan fingerprint density at radius 3 is 2.44 bits per heavy atom. The van der Waals surface area contributed by atoms with Crippen molar-refractivity contribution >= 4 is 17.0 Å². The van der Waals surface area contributed by atoms with Crippen LogP contribution in [-0.4, -0.2) is 4.57 Å². The summed E-state index contributed by atoms with van der Waals surface area (Å²) in [5.41, 5.74) is 7.78. The molecule has 0 spiro atoms. The molecule has 0 saturated heterocycles. The molecule has 0 bridgehead atoms. The molecule has 0 saturated carbocycles. The predicted molar refractivity (Wildman–Crippen MR) is 111 cm³/mol. The van der Waals surface area contributed by atoms with Crippen molar-refractivity contribution in [3.63, 3.8) is 0 Å². The fourth-order valence-electron chi connectivity index (χ4n) is 3.83. The van der Waals surface area contributed by atoms with Gasteiger partial charge < -0.3 is 4.57 Å². The zero-order valence-electron chi connectivity index (χ0n) is 16.1. The number of fused-ring (bicyclic) bond motifs is 1. The minimum atomic E-state index is 0.494. The summed E-state index contributed by atoms with van der Waals surface area (Å²) < 4.78 is 2.40. The Kier molecular flexibility index (Phi) is 4.85. The Hall–Kier alpha value is -2.28. The minimum absolute atomic E-state index is 0.494. The van der Waals surface area contributed by atoms with Gasteiger partial charge in [-0.05, 0) is 60.6 Å². The monoisotopic (exact) mass is 331 g/mol. The number of hydrogen-bond donors (Lipinski definition) is 0. The summed E-state index contributed by atoms with van der Waals surface area (Å²) in [5.74, 6) is 1.13. The van der Waals surface area contributed by atoms with Gasteiger partial charge in [0.25, 0.3) is 0 Å². The van der Waals surface area contributed by atoms with Crippen molar-refractivity contribution in [2.24, 2.45) is 5.92 Å². The van der Waals surface area contributed by atoms with Gasteiger partial charge in [-0.25, -0.2) is 0 Å². The smallest absolute Gasteiger partial charge is 0.0540 e. The minimum Gasteiger partial charge on any atom is -0.309 e. The van der Waals surface area contributed by atoms with E-state index in [1.54, 1.807) is 0 Å². The summed E-state index contributed by atoms with van der Waals surface area (Å²) in [5, 5.41) is 1.36. The third kappa shape index (κ3) is 2.93. The van der Waals surface area contributed by atoms with Gasteiger partial charge in [0.15, 0.2) is 0 Å². The van der Waals surface area contributed by atoms with Gasteiger partial charge in [-0.1, -0.05) is 64.1 Å². The average Bonchev–Trinajstić information content (AvgIpc) is 2.93. The number of para-hydroxylation sites is 1. The van der Waals surface area contributed by atoms with E-state index in [1.165, 1.54) is 45.4 Å². The van der Waals surface area contributed by atoms with Gasteiger partial charge in [0.1, 0.15) is 0 Å². The van der Waals surface area contributed by atoms with Crippen molar-refractivity contribution in [3.05, 3.63) is 71.4 Å². The normalized spacial score (nSPS) is 13.8. The first-order chi connectivity index (χ1) is 12.0. The van der Waals surface area contributed by atoms with Crippen LogP contribution in [0.1, 0.15) is 55.5 Å². The van der Waals surface area contributed by atoms with Crippen molar-refractivity contribution < 1.29 is 0 Å². The molecule has 1 nitrogen and oxygen atoms in total. The first kappa shape index (κ1) is 17.5. The standard InChI is InChI=1S/C24H29N/c1-7-17(4)19(6)24-20-14-13-16(3)15-23(20)25(21(24)8-2)22-12-10-9-11-18(22)5/h8-15,17,19H,2,7H2,1,3-6H3/t17-,19-/m0/s1. The zero-order chi connectivity index (χ0) is 18.1. The Morgan fingerprint density at radius 1 is 1.08 bits per heavy atom. The van der Waals surface area contributed by atoms with Crippen molar-refractivity contribution in [2.45, 2.75) is 47.0 Å². The first-order valence-corrected chi connectivity index (χ1v) is 9.33. The van der Waals surface area contributed by atoms with Gasteiger partial charge in [-0.2, -0.15) is 0 Å². The van der Waals surface area contributed by atoms with Crippen LogP contribution >= 0.6 is 0 Å². The van der Waals surface area contributed by atoms with E-state index in [0.29, 0.717) is 11.8 Å². The van der Waals surface area contributed by atoms with E-state index in [9.17, 15) is 0 Å². The van der Waals surface area contributed by atoms with Crippen LogP contribution in [0.5, 0.6) is 0 Å². The molecule has 0 aliphatic rings. The molecular formula is C24H29N. The molecule has 0 radical (unpaired) electrons. The molecule has 25 heavy (non-hydrogen) atoms. The summed E-state index contributed by atoms with van der Waals surface area (Å²) in [6.07, 6.45) is 3.22. The molecule has 3 aromatic rings. The van der Waals surface area contributed by atoms with Crippen LogP contribution < -0.4 is 0 Å². The van der Waals surface area contributed by atoms with Gasteiger partial charge in [0.05, 0.1) is 5.52 Å². The molecule has 1 heteroatoms. The van der Waals surface area contributed by atoms with Crippen LogP contribution in [0.3, 0.4) is 0 Å².